The van der Waals surface area contributed by atoms with Crippen molar-refractivity contribution >= 4 is 11.7 Å². The minimum Gasteiger partial charge on any atom is -0.336 e. The van der Waals surface area contributed by atoms with E-state index in [0.717, 1.165) is 6.20 Å². The van der Waals surface area contributed by atoms with Crippen molar-refractivity contribution in [3.63, 3.8) is 0 Å². The number of aliphatic imine (C=N–C) groups is 2. The highest BCUT2D eigenvalue weighted by Gasteiger charge is 2.35. The van der Waals surface area contributed by atoms with Crippen LogP contribution in [-0.4, -0.2) is 33.6 Å². The Hall–Kier alpha value is -1.99. The van der Waals surface area contributed by atoms with E-state index < -0.39 is 18.2 Å². The van der Waals surface area contributed by atoms with Crippen LogP contribution in [0.2, 0.25) is 0 Å². The lowest BCUT2D eigenvalue weighted by molar-refractivity contribution is -0.145. The predicted octanol–water partition coefficient (Wildman–Crippen LogP) is 2.28. The number of nitrogens with zero attached hydrogens (tertiary/aromatic N) is 5. The molecule has 8 heteroatoms. The molecule has 2 rings (SSSR count). The summed E-state index contributed by atoms with van der Waals surface area (Å²) in [5.41, 5.74) is 0.193. The molecule has 0 aromatic carbocycles. The van der Waals surface area contributed by atoms with Crippen LogP contribution in [0.3, 0.4) is 0 Å². The van der Waals surface area contributed by atoms with Gasteiger partial charge in [-0.05, 0) is 19.9 Å². The maximum absolute atomic E-state index is 12.6. The quantitative estimate of drug-likeness (QED) is 0.787. The average Bonchev–Trinajstić information content (AvgIpc) is 2.33. The van der Waals surface area contributed by atoms with Gasteiger partial charge in [0.05, 0.1) is 5.69 Å². The molecule has 0 N–H and O–H groups in total. The SMILES string of the molecule is CC1=NC(c2ccnc(C(F)(F)F)n2)N(C)C(C)=N1. The van der Waals surface area contributed by atoms with Crippen LogP contribution in [0.1, 0.15) is 31.5 Å². The first-order valence-electron chi connectivity index (χ1n) is 5.51. The van der Waals surface area contributed by atoms with Crippen LogP contribution in [0, 0.1) is 0 Å². The molecule has 0 spiro atoms. The summed E-state index contributed by atoms with van der Waals surface area (Å²) in [7, 11) is 1.70. The third kappa shape index (κ3) is 2.72. The molecular weight excluding hydrogens is 259 g/mol. The lowest BCUT2D eigenvalue weighted by atomic mass is 10.2. The Bertz CT molecular complexity index is 550. The lowest BCUT2D eigenvalue weighted by Crippen LogP contribution is -2.33. The molecule has 0 saturated heterocycles. The molecule has 1 atom stereocenters. The van der Waals surface area contributed by atoms with Gasteiger partial charge in [0, 0.05) is 13.2 Å². The van der Waals surface area contributed by atoms with Crippen LogP contribution in [0.5, 0.6) is 0 Å². The molecule has 19 heavy (non-hydrogen) atoms. The van der Waals surface area contributed by atoms with Crippen molar-refractivity contribution < 1.29 is 13.2 Å². The van der Waals surface area contributed by atoms with Crippen molar-refractivity contribution in [3.8, 4) is 0 Å². The molecule has 0 radical (unpaired) electrons. The van der Waals surface area contributed by atoms with Crippen LogP contribution in [0.4, 0.5) is 13.2 Å². The normalized spacial score (nSPS) is 20.1. The van der Waals surface area contributed by atoms with Crippen molar-refractivity contribution in [1.82, 2.24) is 14.9 Å². The first kappa shape index (κ1) is 13.4. The second kappa shape index (κ2) is 4.60. The van der Waals surface area contributed by atoms with Gasteiger partial charge in [-0.25, -0.2) is 20.0 Å². The molecule has 5 nitrogen and oxygen atoms in total. The first-order chi connectivity index (χ1) is 8.79. The summed E-state index contributed by atoms with van der Waals surface area (Å²) in [5.74, 6) is 0.0175. The second-order valence-corrected chi connectivity index (χ2v) is 4.12. The number of alkyl halides is 3. The second-order valence-electron chi connectivity index (χ2n) is 4.12. The van der Waals surface area contributed by atoms with Gasteiger partial charge in [0.25, 0.3) is 0 Å². The van der Waals surface area contributed by atoms with Gasteiger partial charge in [-0.15, -0.1) is 0 Å². The zero-order valence-electron chi connectivity index (χ0n) is 10.6. The van der Waals surface area contributed by atoms with Crippen molar-refractivity contribution in [3.05, 3.63) is 23.8 Å². The Labute approximate surface area is 107 Å². The van der Waals surface area contributed by atoms with E-state index in [-0.39, 0.29) is 5.69 Å². The molecule has 1 aliphatic heterocycles. The standard InChI is InChI=1S/C11H12F3N5/c1-6-16-7(2)19(3)9(17-6)8-4-5-15-10(18-8)11(12,13)14/h4-5,9H,1-3H3. The van der Waals surface area contributed by atoms with E-state index >= 15 is 0 Å². The molecule has 0 saturated carbocycles. The number of hydrogen-bond acceptors (Lipinski definition) is 5. The minimum atomic E-state index is -4.56. The molecule has 0 amide bonds. The van der Waals surface area contributed by atoms with Gasteiger partial charge in [-0.1, -0.05) is 0 Å². The Morgan fingerprint density at radius 3 is 2.58 bits per heavy atom. The third-order valence-corrected chi connectivity index (χ3v) is 2.71. The Balaban J connectivity index is 2.40. The summed E-state index contributed by atoms with van der Waals surface area (Å²) in [5, 5.41) is 0. The highest BCUT2D eigenvalue weighted by Crippen LogP contribution is 2.28. The molecule has 1 unspecified atom stereocenters. The Morgan fingerprint density at radius 2 is 1.95 bits per heavy atom. The van der Waals surface area contributed by atoms with Crippen LogP contribution in [-0.2, 0) is 6.18 Å². The number of halogens is 3. The Kier molecular flexibility index (Phi) is 3.25. The van der Waals surface area contributed by atoms with Gasteiger partial charge in [0.2, 0.25) is 5.82 Å². The number of rotatable bonds is 1. The van der Waals surface area contributed by atoms with Crippen molar-refractivity contribution in [1.29, 1.82) is 0 Å². The van der Waals surface area contributed by atoms with E-state index in [4.69, 9.17) is 0 Å². The first-order valence-corrected chi connectivity index (χ1v) is 5.51. The van der Waals surface area contributed by atoms with E-state index in [1.807, 2.05) is 0 Å². The van der Waals surface area contributed by atoms with E-state index in [2.05, 4.69) is 20.0 Å². The highest BCUT2D eigenvalue weighted by atomic mass is 19.4. The monoisotopic (exact) mass is 271 g/mol. The van der Waals surface area contributed by atoms with Crippen molar-refractivity contribution in [2.24, 2.45) is 9.98 Å². The molecule has 1 aromatic rings. The summed E-state index contributed by atoms with van der Waals surface area (Å²) in [4.78, 5) is 16.8. The van der Waals surface area contributed by atoms with E-state index in [0.29, 0.717) is 11.7 Å². The summed E-state index contributed by atoms with van der Waals surface area (Å²) in [6.07, 6.45) is -4.09. The smallest absolute Gasteiger partial charge is 0.336 e. The van der Waals surface area contributed by atoms with Gasteiger partial charge in [0.1, 0.15) is 11.7 Å². The van der Waals surface area contributed by atoms with Crippen LogP contribution in [0.15, 0.2) is 22.2 Å². The van der Waals surface area contributed by atoms with Gasteiger partial charge in [-0.2, -0.15) is 13.2 Å². The van der Waals surface area contributed by atoms with E-state index in [9.17, 15) is 13.2 Å². The fourth-order valence-corrected chi connectivity index (χ4v) is 1.70. The van der Waals surface area contributed by atoms with Gasteiger partial charge < -0.3 is 4.90 Å². The number of amidine groups is 2. The van der Waals surface area contributed by atoms with Crippen molar-refractivity contribution in [2.45, 2.75) is 26.2 Å². The molecule has 102 valence electrons. The number of aromatic nitrogens is 2. The maximum atomic E-state index is 12.6. The van der Waals surface area contributed by atoms with E-state index in [1.54, 1.807) is 25.8 Å². The Morgan fingerprint density at radius 1 is 1.26 bits per heavy atom. The average molecular weight is 271 g/mol. The van der Waals surface area contributed by atoms with Crippen molar-refractivity contribution in [2.75, 3.05) is 7.05 Å². The number of hydrogen-bond donors (Lipinski definition) is 0. The third-order valence-electron chi connectivity index (χ3n) is 2.71. The molecule has 0 fully saturated rings. The van der Waals surface area contributed by atoms with Gasteiger partial charge in [0.15, 0.2) is 6.17 Å². The summed E-state index contributed by atoms with van der Waals surface area (Å²) in [6, 6.07) is 1.42. The molecular formula is C11H12F3N5. The van der Waals surface area contributed by atoms with Crippen LogP contribution < -0.4 is 0 Å². The summed E-state index contributed by atoms with van der Waals surface area (Å²) >= 11 is 0. The summed E-state index contributed by atoms with van der Waals surface area (Å²) in [6.45, 7) is 3.45. The predicted molar refractivity (Wildman–Crippen MR) is 63.8 cm³/mol. The molecule has 1 aromatic heterocycles. The molecule has 0 bridgehead atoms. The zero-order valence-corrected chi connectivity index (χ0v) is 10.6. The lowest BCUT2D eigenvalue weighted by Gasteiger charge is -2.29. The topological polar surface area (TPSA) is 53.7 Å². The largest absolute Gasteiger partial charge is 0.451 e. The van der Waals surface area contributed by atoms with E-state index in [1.165, 1.54) is 6.07 Å². The molecule has 1 aliphatic rings. The maximum Gasteiger partial charge on any atom is 0.451 e. The zero-order chi connectivity index (χ0) is 14.2. The fraction of sp³-hybridized carbons (Fsp3) is 0.455. The van der Waals surface area contributed by atoms with Gasteiger partial charge in [-0.3, -0.25) is 0 Å². The highest BCUT2D eigenvalue weighted by molar-refractivity contribution is 5.96. The minimum absolute atomic E-state index is 0.193. The molecule has 0 aliphatic carbocycles. The summed E-state index contributed by atoms with van der Waals surface area (Å²) < 4.78 is 37.8. The molecule has 2 heterocycles. The van der Waals surface area contributed by atoms with Crippen LogP contribution >= 0.6 is 0 Å². The fourth-order valence-electron chi connectivity index (χ4n) is 1.70. The van der Waals surface area contributed by atoms with Gasteiger partial charge >= 0.3 is 6.18 Å². The van der Waals surface area contributed by atoms with Crippen LogP contribution in [0.25, 0.3) is 0 Å².